The maximum absolute atomic E-state index is 4.32. The summed E-state index contributed by atoms with van der Waals surface area (Å²) in [5.74, 6) is 0. The van der Waals surface area contributed by atoms with Crippen molar-refractivity contribution in [1.82, 2.24) is 9.97 Å². The number of rotatable bonds is 2. The lowest BCUT2D eigenvalue weighted by Gasteiger charge is -2.02. The van der Waals surface area contributed by atoms with E-state index in [0.29, 0.717) is 0 Å². The lowest BCUT2D eigenvalue weighted by atomic mass is 10.5. The smallest absolute Gasteiger partial charge is 0.115 e. The van der Waals surface area contributed by atoms with Gasteiger partial charge in [-0.3, -0.25) is 4.98 Å². The molecule has 0 saturated carbocycles. The topological polar surface area (TPSA) is 25.8 Å². The van der Waals surface area contributed by atoms with Gasteiger partial charge < -0.3 is 0 Å². The minimum atomic E-state index is 0.949. The number of halogens is 2. The van der Waals surface area contributed by atoms with Crippen molar-refractivity contribution in [2.45, 2.75) is 9.92 Å². The van der Waals surface area contributed by atoms with Crippen LogP contribution >= 0.6 is 43.6 Å². The van der Waals surface area contributed by atoms with Crippen LogP contribution in [0.3, 0.4) is 0 Å². The largest absolute Gasteiger partial charge is 0.265 e. The van der Waals surface area contributed by atoms with Crippen molar-refractivity contribution in [3.63, 3.8) is 0 Å². The summed E-state index contributed by atoms with van der Waals surface area (Å²) in [6.45, 7) is 0. The molecule has 2 rings (SSSR count). The zero-order valence-corrected chi connectivity index (χ0v) is 11.5. The lowest BCUT2D eigenvalue weighted by molar-refractivity contribution is 1.10. The highest BCUT2D eigenvalue weighted by molar-refractivity contribution is 9.11. The van der Waals surface area contributed by atoms with Crippen LogP contribution in [0, 0.1) is 0 Å². The van der Waals surface area contributed by atoms with E-state index in [1.54, 1.807) is 30.4 Å². The van der Waals surface area contributed by atoms with Crippen molar-refractivity contribution in [2.75, 3.05) is 0 Å². The van der Waals surface area contributed by atoms with Crippen molar-refractivity contribution in [3.8, 4) is 0 Å². The van der Waals surface area contributed by atoms with Crippen LogP contribution in [0.5, 0.6) is 0 Å². The van der Waals surface area contributed by atoms with Gasteiger partial charge in [0.1, 0.15) is 5.03 Å². The molecule has 0 spiro atoms. The first-order chi connectivity index (χ1) is 7.25. The third-order valence-corrected chi connectivity index (χ3v) is 3.97. The van der Waals surface area contributed by atoms with Gasteiger partial charge in [-0.2, -0.15) is 0 Å². The summed E-state index contributed by atoms with van der Waals surface area (Å²) in [6, 6.07) is 5.90. The van der Waals surface area contributed by atoms with E-state index in [9.17, 15) is 0 Å². The predicted molar refractivity (Wildman–Crippen MR) is 68.0 cm³/mol. The molecule has 0 aliphatic heterocycles. The quantitative estimate of drug-likeness (QED) is 0.817. The second-order valence-corrected chi connectivity index (χ2v) is 5.56. The molecule has 2 aromatic heterocycles. The normalized spacial score (nSPS) is 10.3. The molecule has 0 fully saturated rings. The van der Waals surface area contributed by atoms with E-state index >= 15 is 0 Å². The molecule has 2 heterocycles. The fourth-order valence-corrected chi connectivity index (χ4v) is 2.97. The molecule has 0 saturated heterocycles. The number of hydrogen-bond donors (Lipinski definition) is 0. The Bertz CT molecular complexity index is 462. The van der Waals surface area contributed by atoms with Crippen LogP contribution in [0.2, 0.25) is 0 Å². The minimum Gasteiger partial charge on any atom is -0.265 e. The summed E-state index contributed by atoms with van der Waals surface area (Å²) >= 11 is 8.45. The number of pyridine rings is 2. The Morgan fingerprint density at radius 3 is 2.53 bits per heavy atom. The van der Waals surface area contributed by atoms with Crippen molar-refractivity contribution in [1.29, 1.82) is 0 Å². The molecule has 0 aromatic carbocycles. The molecule has 0 unspecified atom stereocenters. The Morgan fingerprint density at radius 2 is 1.87 bits per heavy atom. The molecular formula is C10H6Br2N2S. The van der Waals surface area contributed by atoms with Crippen molar-refractivity contribution < 1.29 is 0 Å². The van der Waals surface area contributed by atoms with E-state index < -0.39 is 0 Å². The monoisotopic (exact) mass is 344 g/mol. The summed E-state index contributed by atoms with van der Waals surface area (Å²) in [7, 11) is 0. The van der Waals surface area contributed by atoms with Crippen molar-refractivity contribution >= 4 is 43.6 Å². The van der Waals surface area contributed by atoms with Crippen molar-refractivity contribution in [3.05, 3.63) is 45.7 Å². The molecular weight excluding hydrogens is 340 g/mol. The predicted octanol–water partition coefficient (Wildman–Crippen LogP) is 4.15. The molecule has 2 aromatic rings. The van der Waals surface area contributed by atoms with Gasteiger partial charge in [0.25, 0.3) is 0 Å². The van der Waals surface area contributed by atoms with Gasteiger partial charge in [0.2, 0.25) is 0 Å². The van der Waals surface area contributed by atoms with Gasteiger partial charge in [-0.05, 0) is 50.1 Å². The average molecular weight is 346 g/mol. The molecule has 5 heteroatoms. The Hall–Kier alpha value is -0.390. The average Bonchev–Trinajstić information content (AvgIpc) is 2.24. The van der Waals surface area contributed by atoms with Crippen LogP contribution in [-0.4, -0.2) is 9.97 Å². The molecule has 0 aliphatic carbocycles. The standard InChI is InChI=1S/C10H6Br2N2S/c11-7-5-9(12)10(14-6-7)15-8-1-3-13-4-2-8/h1-6H. The van der Waals surface area contributed by atoms with Crippen LogP contribution in [0.1, 0.15) is 0 Å². The number of nitrogens with zero attached hydrogens (tertiary/aromatic N) is 2. The molecule has 2 nitrogen and oxygen atoms in total. The fourth-order valence-electron chi connectivity index (χ4n) is 0.995. The minimum absolute atomic E-state index is 0.949. The molecule has 0 amide bonds. The number of aromatic nitrogens is 2. The second-order valence-electron chi connectivity index (χ2n) is 2.73. The highest BCUT2D eigenvalue weighted by Gasteiger charge is 2.04. The molecule has 15 heavy (non-hydrogen) atoms. The van der Waals surface area contributed by atoms with Gasteiger partial charge >= 0.3 is 0 Å². The number of hydrogen-bond acceptors (Lipinski definition) is 3. The van der Waals surface area contributed by atoms with Gasteiger partial charge in [0.05, 0.1) is 4.47 Å². The maximum Gasteiger partial charge on any atom is 0.115 e. The molecule has 0 bridgehead atoms. The van der Waals surface area contributed by atoms with E-state index in [1.165, 1.54) is 0 Å². The highest BCUT2D eigenvalue weighted by Crippen LogP contribution is 2.32. The maximum atomic E-state index is 4.32. The Balaban J connectivity index is 2.25. The molecule has 0 atom stereocenters. The van der Waals surface area contributed by atoms with Gasteiger partial charge in [-0.1, -0.05) is 11.8 Å². The lowest BCUT2D eigenvalue weighted by Crippen LogP contribution is -1.82. The Kier molecular flexibility index (Phi) is 3.77. The van der Waals surface area contributed by atoms with Crippen LogP contribution in [0.25, 0.3) is 0 Å². The third-order valence-electron chi connectivity index (χ3n) is 1.64. The second kappa shape index (κ2) is 5.09. The summed E-state index contributed by atoms with van der Waals surface area (Å²) in [4.78, 5) is 9.42. The third kappa shape index (κ3) is 3.03. The van der Waals surface area contributed by atoms with E-state index in [0.717, 1.165) is 18.9 Å². The van der Waals surface area contributed by atoms with Crippen LogP contribution in [0.15, 0.2) is 55.7 Å². The van der Waals surface area contributed by atoms with Gasteiger partial charge in [0, 0.05) is 28.0 Å². The SMILES string of the molecule is Brc1cnc(Sc2ccncc2)c(Br)c1. The Morgan fingerprint density at radius 1 is 1.13 bits per heavy atom. The fraction of sp³-hybridized carbons (Fsp3) is 0. The summed E-state index contributed by atoms with van der Waals surface area (Å²) in [5, 5.41) is 0.949. The molecule has 76 valence electrons. The van der Waals surface area contributed by atoms with Crippen LogP contribution in [0.4, 0.5) is 0 Å². The Labute approximate surface area is 109 Å². The van der Waals surface area contributed by atoms with E-state index in [-0.39, 0.29) is 0 Å². The first-order valence-electron chi connectivity index (χ1n) is 4.14. The zero-order valence-electron chi connectivity index (χ0n) is 7.52. The van der Waals surface area contributed by atoms with E-state index in [1.807, 2.05) is 18.2 Å². The first-order valence-corrected chi connectivity index (χ1v) is 6.55. The van der Waals surface area contributed by atoms with Crippen LogP contribution < -0.4 is 0 Å². The highest BCUT2D eigenvalue weighted by atomic mass is 79.9. The van der Waals surface area contributed by atoms with Crippen molar-refractivity contribution in [2.24, 2.45) is 0 Å². The summed E-state index contributed by atoms with van der Waals surface area (Å²) in [5.41, 5.74) is 0. The van der Waals surface area contributed by atoms with Gasteiger partial charge in [-0.15, -0.1) is 0 Å². The molecule has 0 N–H and O–H groups in total. The molecule has 0 aliphatic rings. The van der Waals surface area contributed by atoms with Gasteiger partial charge in [0.15, 0.2) is 0 Å². The first kappa shape index (κ1) is 11.1. The zero-order chi connectivity index (χ0) is 10.7. The summed E-state index contributed by atoms with van der Waals surface area (Å²) in [6.07, 6.45) is 5.33. The summed E-state index contributed by atoms with van der Waals surface area (Å²) < 4.78 is 1.95. The van der Waals surface area contributed by atoms with E-state index in [4.69, 9.17) is 0 Å². The van der Waals surface area contributed by atoms with Crippen LogP contribution in [-0.2, 0) is 0 Å². The van der Waals surface area contributed by atoms with Gasteiger partial charge in [-0.25, -0.2) is 4.98 Å². The molecule has 0 radical (unpaired) electrons. The van der Waals surface area contributed by atoms with E-state index in [2.05, 4.69) is 41.8 Å².